The van der Waals surface area contributed by atoms with Gasteiger partial charge in [0.15, 0.2) is 0 Å². The maximum atomic E-state index is 10.6. The molecular formula is C14H13NOS. The van der Waals surface area contributed by atoms with E-state index in [0.29, 0.717) is 0 Å². The highest BCUT2D eigenvalue weighted by molar-refractivity contribution is 7.12. The molecule has 1 heterocycles. The fraction of sp³-hybridized carbons (Fsp3) is 0.0714. The van der Waals surface area contributed by atoms with Crippen LogP contribution in [0.25, 0.3) is 6.08 Å². The molecule has 2 N–H and O–H groups in total. The van der Waals surface area contributed by atoms with Crippen molar-refractivity contribution in [1.29, 1.82) is 0 Å². The lowest BCUT2D eigenvalue weighted by atomic mass is 10.1. The first-order valence-corrected chi connectivity index (χ1v) is 6.16. The number of carbonyl (C=O) groups is 1. The van der Waals surface area contributed by atoms with Crippen LogP contribution < -0.4 is 5.73 Å². The maximum absolute atomic E-state index is 10.6. The molecule has 2 nitrogen and oxygen atoms in total. The Balaban J connectivity index is 2.06. The second kappa shape index (κ2) is 5.46. The molecule has 0 unspecified atom stereocenters. The summed E-state index contributed by atoms with van der Waals surface area (Å²) in [6, 6.07) is 14.4. The molecule has 86 valence electrons. The molecular weight excluding hydrogens is 230 g/mol. The summed E-state index contributed by atoms with van der Waals surface area (Å²) in [5.74, 6) is -0.414. The lowest BCUT2D eigenvalue weighted by molar-refractivity contribution is -0.113. The van der Waals surface area contributed by atoms with E-state index in [1.165, 1.54) is 16.5 Å². The van der Waals surface area contributed by atoms with Gasteiger partial charge >= 0.3 is 0 Å². The van der Waals surface area contributed by atoms with E-state index in [0.717, 1.165) is 11.3 Å². The lowest BCUT2D eigenvalue weighted by Crippen LogP contribution is -2.04. The molecule has 0 aliphatic heterocycles. The van der Waals surface area contributed by atoms with Crippen LogP contribution in [0.15, 0.2) is 48.5 Å². The smallest absolute Gasteiger partial charge is 0.241 e. The van der Waals surface area contributed by atoms with Crippen LogP contribution >= 0.6 is 11.3 Å². The monoisotopic (exact) mass is 243 g/mol. The van der Waals surface area contributed by atoms with Gasteiger partial charge in [-0.15, -0.1) is 11.3 Å². The van der Waals surface area contributed by atoms with Crippen molar-refractivity contribution in [1.82, 2.24) is 0 Å². The number of rotatable bonds is 4. The Morgan fingerprint density at radius 1 is 1.18 bits per heavy atom. The summed E-state index contributed by atoms with van der Waals surface area (Å²) in [4.78, 5) is 12.9. The number of carbonyl (C=O) groups excluding carboxylic acids is 1. The zero-order valence-electron chi connectivity index (χ0n) is 9.30. The van der Waals surface area contributed by atoms with Gasteiger partial charge in [-0.2, -0.15) is 0 Å². The number of hydrogen-bond acceptors (Lipinski definition) is 2. The van der Waals surface area contributed by atoms with Crippen molar-refractivity contribution in [2.24, 2.45) is 5.73 Å². The average molecular weight is 243 g/mol. The third kappa shape index (κ3) is 3.57. The summed E-state index contributed by atoms with van der Waals surface area (Å²) in [6.45, 7) is 0. The highest BCUT2D eigenvalue weighted by atomic mass is 32.1. The van der Waals surface area contributed by atoms with Crippen molar-refractivity contribution in [3.05, 3.63) is 63.9 Å². The topological polar surface area (TPSA) is 43.1 Å². The van der Waals surface area contributed by atoms with E-state index in [4.69, 9.17) is 5.73 Å². The number of primary amides is 1. The van der Waals surface area contributed by atoms with Crippen molar-refractivity contribution in [2.75, 3.05) is 0 Å². The Hall–Kier alpha value is -1.87. The molecule has 1 amide bonds. The molecule has 0 radical (unpaired) electrons. The first-order chi connectivity index (χ1) is 8.24. The molecule has 17 heavy (non-hydrogen) atoms. The van der Waals surface area contributed by atoms with Gasteiger partial charge in [-0.1, -0.05) is 30.3 Å². The maximum Gasteiger partial charge on any atom is 0.241 e. The average Bonchev–Trinajstić information content (AvgIpc) is 2.75. The molecule has 3 heteroatoms. The van der Waals surface area contributed by atoms with Gasteiger partial charge in [0.1, 0.15) is 0 Å². The minimum Gasteiger partial charge on any atom is -0.366 e. The predicted molar refractivity (Wildman–Crippen MR) is 71.8 cm³/mol. The quantitative estimate of drug-likeness (QED) is 0.824. The van der Waals surface area contributed by atoms with Crippen LogP contribution in [0.3, 0.4) is 0 Å². The number of nitrogens with two attached hydrogens (primary N) is 1. The number of thiophene rings is 1. The van der Waals surface area contributed by atoms with Crippen LogP contribution in [0.2, 0.25) is 0 Å². The number of benzene rings is 1. The first kappa shape index (κ1) is 11.6. The summed E-state index contributed by atoms with van der Waals surface area (Å²) in [7, 11) is 0. The van der Waals surface area contributed by atoms with E-state index in [2.05, 4.69) is 18.2 Å². The molecule has 2 aromatic rings. The molecule has 1 aromatic carbocycles. The lowest BCUT2D eigenvalue weighted by Gasteiger charge is -1.96. The van der Waals surface area contributed by atoms with Crippen molar-refractivity contribution in [2.45, 2.75) is 6.42 Å². The van der Waals surface area contributed by atoms with Gasteiger partial charge < -0.3 is 5.73 Å². The summed E-state index contributed by atoms with van der Waals surface area (Å²) in [6.07, 6.45) is 4.07. The molecule has 0 aliphatic rings. The zero-order chi connectivity index (χ0) is 12.1. The standard InChI is InChI=1S/C14H13NOS/c15-14(16)9-8-12-6-7-13(17-12)10-11-4-2-1-3-5-11/h1-9H,10H2,(H2,15,16)/b9-8+. The van der Waals surface area contributed by atoms with Crippen molar-refractivity contribution in [3.63, 3.8) is 0 Å². The first-order valence-electron chi connectivity index (χ1n) is 5.34. The van der Waals surface area contributed by atoms with Crippen molar-refractivity contribution < 1.29 is 4.79 Å². The molecule has 0 fully saturated rings. The highest BCUT2D eigenvalue weighted by Crippen LogP contribution is 2.20. The summed E-state index contributed by atoms with van der Waals surface area (Å²) in [5.41, 5.74) is 6.34. The third-order valence-electron chi connectivity index (χ3n) is 2.32. The zero-order valence-corrected chi connectivity index (χ0v) is 10.1. The predicted octanol–water partition coefficient (Wildman–Crippen LogP) is 2.84. The van der Waals surface area contributed by atoms with E-state index in [-0.39, 0.29) is 0 Å². The molecule has 0 spiro atoms. The van der Waals surface area contributed by atoms with Gasteiger partial charge in [-0.25, -0.2) is 0 Å². The van der Waals surface area contributed by atoms with Gasteiger partial charge in [0.05, 0.1) is 0 Å². The molecule has 0 saturated carbocycles. The van der Waals surface area contributed by atoms with E-state index < -0.39 is 5.91 Å². The minimum atomic E-state index is -0.414. The minimum absolute atomic E-state index is 0.414. The Bertz CT molecular complexity index is 528. The Labute approximate surface area is 104 Å². The summed E-state index contributed by atoms with van der Waals surface area (Å²) in [5, 5.41) is 0. The molecule has 1 aromatic heterocycles. The SMILES string of the molecule is NC(=O)/C=C/c1ccc(Cc2ccccc2)s1. The van der Waals surface area contributed by atoms with Gasteiger partial charge in [-0.3, -0.25) is 4.79 Å². The van der Waals surface area contributed by atoms with Crippen LogP contribution in [-0.2, 0) is 11.2 Å². The highest BCUT2D eigenvalue weighted by Gasteiger charge is 1.99. The molecule has 0 aliphatic carbocycles. The normalized spacial score (nSPS) is 10.8. The van der Waals surface area contributed by atoms with Crippen LogP contribution in [0.4, 0.5) is 0 Å². The van der Waals surface area contributed by atoms with Crippen molar-refractivity contribution in [3.8, 4) is 0 Å². The fourth-order valence-corrected chi connectivity index (χ4v) is 2.49. The Kier molecular flexibility index (Phi) is 3.73. The summed E-state index contributed by atoms with van der Waals surface area (Å²) < 4.78 is 0. The van der Waals surface area contributed by atoms with Crippen LogP contribution in [0, 0.1) is 0 Å². The van der Waals surface area contributed by atoms with Gasteiger partial charge in [0.25, 0.3) is 0 Å². The fourth-order valence-electron chi connectivity index (χ4n) is 1.54. The van der Waals surface area contributed by atoms with Gasteiger partial charge in [0, 0.05) is 22.3 Å². The molecule has 0 bridgehead atoms. The number of hydrogen-bond donors (Lipinski definition) is 1. The molecule has 0 atom stereocenters. The molecule has 0 saturated heterocycles. The van der Waals surface area contributed by atoms with E-state index in [1.54, 1.807) is 17.4 Å². The Morgan fingerprint density at radius 2 is 1.94 bits per heavy atom. The van der Waals surface area contributed by atoms with E-state index in [9.17, 15) is 4.79 Å². The van der Waals surface area contributed by atoms with E-state index in [1.807, 2.05) is 24.3 Å². The largest absolute Gasteiger partial charge is 0.366 e. The molecule has 2 rings (SSSR count). The van der Waals surface area contributed by atoms with Crippen LogP contribution in [0.1, 0.15) is 15.3 Å². The number of amides is 1. The van der Waals surface area contributed by atoms with Crippen LogP contribution in [-0.4, -0.2) is 5.91 Å². The third-order valence-corrected chi connectivity index (χ3v) is 3.37. The van der Waals surface area contributed by atoms with Gasteiger partial charge in [0.2, 0.25) is 5.91 Å². The summed E-state index contributed by atoms with van der Waals surface area (Å²) >= 11 is 1.68. The van der Waals surface area contributed by atoms with Crippen molar-refractivity contribution >= 4 is 23.3 Å². The second-order valence-electron chi connectivity index (χ2n) is 3.70. The van der Waals surface area contributed by atoms with Gasteiger partial charge in [-0.05, 0) is 23.8 Å². The van der Waals surface area contributed by atoms with E-state index >= 15 is 0 Å². The Morgan fingerprint density at radius 3 is 2.65 bits per heavy atom. The second-order valence-corrected chi connectivity index (χ2v) is 4.90. The van der Waals surface area contributed by atoms with Crippen LogP contribution in [0.5, 0.6) is 0 Å².